The fourth-order valence-electron chi connectivity index (χ4n) is 2.03. The molecule has 0 bridgehead atoms. The van der Waals surface area contributed by atoms with Gasteiger partial charge in [-0.3, -0.25) is 4.79 Å². The van der Waals surface area contributed by atoms with Crippen LogP contribution >= 0.6 is 0 Å². The summed E-state index contributed by atoms with van der Waals surface area (Å²) in [6.07, 6.45) is 0. The molecule has 0 unspecified atom stereocenters. The monoisotopic (exact) mass is 287 g/mol. The van der Waals surface area contributed by atoms with Crippen LogP contribution in [0.15, 0.2) is 30.3 Å². The molecule has 110 valence electrons. The van der Waals surface area contributed by atoms with Gasteiger partial charge >= 0.3 is 0 Å². The number of methoxy groups -OCH3 is 3. The van der Waals surface area contributed by atoms with Crippen molar-refractivity contribution in [1.29, 1.82) is 0 Å². The average Bonchev–Trinajstić information content (AvgIpc) is 2.53. The maximum absolute atomic E-state index is 12.6. The standard InChI is InChI=1S/C16H17NO4/c1-10-9-13(20-3)17-16(21-4)14(10)15(18)11-5-7-12(19-2)8-6-11/h5-9H,1-4H3. The lowest BCUT2D eigenvalue weighted by Crippen LogP contribution is -2.08. The molecule has 2 aromatic rings. The van der Waals surface area contributed by atoms with E-state index in [0.29, 0.717) is 22.8 Å². The summed E-state index contributed by atoms with van der Waals surface area (Å²) in [5.41, 5.74) is 1.73. The van der Waals surface area contributed by atoms with Gasteiger partial charge in [0.05, 0.1) is 26.9 Å². The Hall–Kier alpha value is -2.56. The van der Waals surface area contributed by atoms with Crippen LogP contribution in [-0.2, 0) is 0 Å². The number of hydrogen-bond acceptors (Lipinski definition) is 5. The van der Waals surface area contributed by atoms with E-state index in [-0.39, 0.29) is 11.7 Å². The second kappa shape index (κ2) is 6.26. The first kappa shape index (κ1) is 14.8. The zero-order chi connectivity index (χ0) is 15.4. The van der Waals surface area contributed by atoms with E-state index in [2.05, 4.69) is 4.98 Å². The lowest BCUT2D eigenvalue weighted by molar-refractivity contribution is 0.103. The first-order valence-electron chi connectivity index (χ1n) is 6.39. The highest BCUT2D eigenvalue weighted by atomic mass is 16.5. The average molecular weight is 287 g/mol. The molecule has 0 N–H and O–H groups in total. The second-order valence-corrected chi connectivity index (χ2v) is 4.42. The van der Waals surface area contributed by atoms with Gasteiger partial charge < -0.3 is 14.2 Å². The number of ketones is 1. The van der Waals surface area contributed by atoms with Crippen molar-refractivity contribution in [3.63, 3.8) is 0 Å². The van der Waals surface area contributed by atoms with Gasteiger partial charge in [0.2, 0.25) is 11.8 Å². The summed E-state index contributed by atoms with van der Waals surface area (Å²) in [7, 11) is 4.58. The van der Waals surface area contributed by atoms with Crippen molar-refractivity contribution in [1.82, 2.24) is 4.98 Å². The minimum absolute atomic E-state index is 0.151. The predicted molar refractivity (Wildman–Crippen MR) is 78.5 cm³/mol. The third-order valence-electron chi connectivity index (χ3n) is 3.14. The van der Waals surface area contributed by atoms with Crippen molar-refractivity contribution in [2.24, 2.45) is 0 Å². The number of hydrogen-bond donors (Lipinski definition) is 0. The zero-order valence-electron chi connectivity index (χ0n) is 12.5. The number of carbonyl (C=O) groups is 1. The number of rotatable bonds is 5. The third-order valence-corrected chi connectivity index (χ3v) is 3.14. The van der Waals surface area contributed by atoms with E-state index in [1.54, 1.807) is 37.4 Å². The van der Waals surface area contributed by atoms with E-state index in [1.165, 1.54) is 14.2 Å². The molecule has 0 atom stereocenters. The molecule has 0 aliphatic carbocycles. The van der Waals surface area contributed by atoms with Gasteiger partial charge in [0, 0.05) is 11.6 Å². The Balaban J connectivity index is 2.46. The number of carbonyl (C=O) groups excluding carboxylic acids is 1. The Kier molecular flexibility index (Phi) is 4.42. The summed E-state index contributed by atoms with van der Waals surface area (Å²) >= 11 is 0. The number of ether oxygens (including phenoxy) is 3. The number of aryl methyl sites for hydroxylation is 1. The van der Waals surface area contributed by atoms with E-state index in [1.807, 2.05) is 6.92 Å². The summed E-state index contributed by atoms with van der Waals surface area (Å²) in [5.74, 6) is 1.22. The lowest BCUT2D eigenvalue weighted by Gasteiger charge is -2.12. The molecule has 0 aliphatic heterocycles. The molecule has 1 heterocycles. The largest absolute Gasteiger partial charge is 0.497 e. The van der Waals surface area contributed by atoms with Gasteiger partial charge in [-0.05, 0) is 36.8 Å². The maximum Gasteiger partial charge on any atom is 0.228 e. The number of aromatic nitrogens is 1. The fourth-order valence-corrected chi connectivity index (χ4v) is 2.03. The molecule has 0 saturated heterocycles. The van der Waals surface area contributed by atoms with Crippen LogP contribution in [0.5, 0.6) is 17.5 Å². The van der Waals surface area contributed by atoms with Crippen LogP contribution in [-0.4, -0.2) is 32.1 Å². The van der Waals surface area contributed by atoms with E-state index >= 15 is 0 Å². The van der Waals surface area contributed by atoms with Crippen LogP contribution in [0.3, 0.4) is 0 Å². The van der Waals surface area contributed by atoms with Crippen LogP contribution in [0.2, 0.25) is 0 Å². The molecule has 5 heteroatoms. The van der Waals surface area contributed by atoms with Crippen LogP contribution in [0.1, 0.15) is 21.5 Å². The SMILES string of the molecule is COc1ccc(C(=O)c2c(C)cc(OC)nc2OC)cc1. The minimum atomic E-state index is -0.151. The molecule has 5 nitrogen and oxygen atoms in total. The Morgan fingerprint density at radius 3 is 2.19 bits per heavy atom. The lowest BCUT2D eigenvalue weighted by atomic mass is 10.0. The molecule has 0 fully saturated rings. The molecule has 1 aromatic heterocycles. The number of benzene rings is 1. The Morgan fingerprint density at radius 2 is 1.67 bits per heavy atom. The molecule has 0 radical (unpaired) electrons. The number of pyridine rings is 1. The highest BCUT2D eigenvalue weighted by molar-refractivity contribution is 6.11. The summed E-state index contributed by atoms with van der Waals surface area (Å²) in [5, 5.41) is 0. The van der Waals surface area contributed by atoms with Crippen LogP contribution in [0.25, 0.3) is 0 Å². The van der Waals surface area contributed by atoms with Gasteiger partial charge in [-0.2, -0.15) is 4.98 Å². The normalized spacial score (nSPS) is 10.1. The summed E-state index contributed by atoms with van der Waals surface area (Å²) < 4.78 is 15.4. The first-order valence-corrected chi connectivity index (χ1v) is 6.39. The first-order chi connectivity index (χ1) is 10.1. The van der Waals surface area contributed by atoms with Crippen molar-refractivity contribution in [2.45, 2.75) is 6.92 Å². The molecule has 0 spiro atoms. The summed E-state index contributed by atoms with van der Waals surface area (Å²) in [6, 6.07) is 8.62. The van der Waals surface area contributed by atoms with Crippen LogP contribution in [0, 0.1) is 6.92 Å². The topological polar surface area (TPSA) is 57.7 Å². The fraction of sp³-hybridized carbons (Fsp3) is 0.250. The predicted octanol–water partition coefficient (Wildman–Crippen LogP) is 2.65. The van der Waals surface area contributed by atoms with Crippen LogP contribution < -0.4 is 14.2 Å². The highest BCUT2D eigenvalue weighted by Crippen LogP contribution is 2.27. The highest BCUT2D eigenvalue weighted by Gasteiger charge is 2.20. The van der Waals surface area contributed by atoms with Gasteiger partial charge in [0.25, 0.3) is 0 Å². The van der Waals surface area contributed by atoms with Crippen molar-refractivity contribution < 1.29 is 19.0 Å². The second-order valence-electron chi connectivity index (χ2n) is 4.42. The van der Waals surface area contributed by atoms with Gasteiger partial charge in [-0.25, -0.2) is 0 Å². The molecule has 2 rings (SSSR count). The Labute approximate surface area is 123 Å². The van der Waals surface area contributed by atoms with Crippen molar-refractivity contribution in [2.75, 3.05) is 21.3 Å². The van der Waals surface area contributed by atoms with E-state index < -0.39 is 0 Å². The van der Waals surface area contributed by atoms with Crippen molar-refractivity contribution >= 4 is 5.78 Å². The van der Waals surface area contributed by atoms with Gasteiger partial charge in [-0.1, -0.05) is 0 Å². The van der Waals surface area contributed by atoms with Crippen molar-refractivity contribution in [3.05, 3.63) is 47.0 Å². The molecule has 0 aliphatic rings. The van der Waals surface area contributed by atoms with Crippen LogP contribution in [0.4, 0.5) is 0 Å². The summed E-state index contributed by atoms with van der Waals surface area (Å²) in [6.45, 7) is 1.82. The maximum atomic E-state index is 12.6. The molecular formula is C16H17NO4. The van der Waals surface area contributed by atoms with Gasteiger partial charge in [-0.15, -0.1) is 0 Å². The van der Waals surface area contributed by atoms with Crippen molar-refractivity contribution in [3.8, 4) is 17.5 Å². The van der Waals surface area contributed by atoms with E-state index in [4.69, 9.17) is 14.2 Å². The van der Waals surface area contributed by atoms with Gasteiger partial charge in [0.15, 0.2) is 5.78 Å². The summed E-state index contributed by atoms with van der Waals surface area (Å²) in [4.78, 5) is 16.8. The third kappa shape index (κ3) is 2.97. The zero-order valence-corrected chi connectivity index (χ0v) is 12.5. The van der Waals surface area contributed by atoms with E-state index in [9.17, 15) is 4.79 Å². The van der Waals surface area contributed by atoms with Gasteiger partial charge in [0.1, 0.15) is 5.75 Å². The Bertz CT molecular complexity index is 650. The molecule has 0 amide bonds. The number of nitrogens with zero attached hydrogens (tertiary/aromatic N) is 1. The smallest absolute Gasteiger partial charge is 0.228 e. The quantitative estimate of drug-likeness (QED) is 0.791. The molecule has 0 saturated carbocycles. The minimum Gasteiger partial charge on any atom is -0.497 e. The Morgan fingerprint density at radius 1 is 1.00 bits per heavy atom. The molecule has 1 aromatic carbocycles. The van der Waals surface area contributed by atoms with E-state index in [0.717, 1.165) is 5.56 Å². The molecule has 21 heavy (non-hydrogen) atoms. The molecular weight excluding hydrogens is 270 g/mol.